The van der Waals surface area contributed by atoms with Crippen LogP contribution in [0.3, 0.4) is 0 Å². The summed E-state index contributed by atoms with van der Waals surface area (Å²) in [5.74, 6) is 0.281. The second-order valence-corrected chi connectivity index (χ2v) is 7.52. The summed E-state index contributed by atoms with van der Waals surface area (Å²) in [5, 5.41) is 6.54. The molecule has 2 N–H and O–H groups in total. The third kappa shape index (κ3) is 5.46. The molecule has 3 aromatic rings. The standard InChI is InChI=1S/C20H21N3O3S/c1-16-13-18(23-12-11-22-17-7-9-21-10-8-17)15-19(14-16)26-27(24,25)20-5-3-2-4-6-20/h2-10,13-15,23H,11-12H2,1H3,(H,21,22). The van der Waals surface area contributed by atoms with E-state index in [-0.39, 0.29) is 10.6 Å². The van der Waals surface area contributed by atoms with Crippen LogP contribution in [0.5, 0.6) is 5.75 Å². The molecule has 0 fully saturated rings. The number of anilines is 2. The predicted molar refractivity (Wildman–Crippen MR) is 107 cm³/mol. The van der Waals surface area contributed by atoms with Crippen LogP contribution in [-0.2, 0) is 10.1 Å². The second-order valence-electron chi connectivity index (χ2n) is 5.97. The molecule has 0 aliphatic rings. The molecule has 0 bridgehead atoms. The Morgan fingerprint density at radius 3 is 2.26 bits per heavy atom. The zero-order valence-electron chi connectivity index (χ0n) is 14.9. The van der Waals surface area contributed by atoms with Gasteiger partial charge in [-0.25, -0.2) is 0 Å². The Hall–Kier alpha value is -3.06. The molecule has 7 heteroatoms. The molecule has 1 heterocycles. The molecule has 27 heavy (non-hydrogen) atoms. The number of hydrogen-bond donors (Lipinski definition) is 2. The van der Waals surface area contributed by atoms with E-state index in [4.69, 9.17) is 4.18 Å². The van der Waals surface area contributed by atoms with Gasteiger partial charge in [0.1, 0.15) is 10.6 Å². The molecule has 0 unspecified atom stereocenters. The van der Waals surface area contributed by atoms with Crippen molar-refractivity contribution in [1.82, 2.24) is 4.98 Å². The molecular weight excluding hydrogens is 362 g/mol. The number of benzene rings is 2. The maximum atomic E-state index is 12.4. The zero-order valence-corrected chi connectivity index (χ0v) is 15.7. The fourth-order valence-corrected chi connectivity index (χ4v) is 3.48. The fraction of sp³-hybridized carbons (Fsp3) is 0.150. The van der Waals surface area contributed by atoms with E-state index in [0.717, 1.165) is 16.9 Å². The van der Waals surface area contributed by atoms with Crippen LogP contribution < -0.4 is 14.8 Å². The summed E-state index contributed by atoms with van der Waals surface area (Å²) in [4.78, 5) is 4.10. The van der Waals surface area contributed by atoms with Crippen molar-refractivity contribution in [1.29, 1.82) is 0 Å². The number of hydrogen-bond acceptors (Lipinski definition) is 6. The minimum Gasteiger partial charge on any atom is -0.383 e. The number of aromatic nitrogens is 1. The zero-order chi connectivity index (χ0) is 19.1. The van der Waals surface area contributed by atoms with Crippen molar-refractivity contribution in [2.24, 2.45) is 0 Å². The number of nitrogens with one attached hydrogen (secondary N) is 2. The van der Waals surface area contributed by atoms with Gasteiger partial charge in [0.05, 0.1) is 0 Å². The van der Waals surface area contributed by atoms with Crippen molar-refractivity contribution < 1.29 is 12.6 Å². The van der Waals surface area contributed by atoms with Crippen LogP contribution in [0.1, 0.15) is 5.56 Å². The van der Waals surface area contributed by atoms with Gasteiger partial charge < -0.3 is 14.8 Å². The lowest BCUT2D eigenvalue weighted by Crippen LogP contribution is -2.14. The summed E-state index contributed by atoms with van der Waals surface area (Å²) in [5.41, 5.74) is 2.69. The van der Waals surface area contributed by atoms with Gasteiger partial charge in [0.2, 0.25) is 0 Å². The maximum Gasteiger partial charge on any atom is 0.339 e. The van der Waals surface area contributed by atoms with E-state index in [1.807, 2.05) is 25.1 Å². The van der Waals surface area contributed by atoms with Crippen LogP contribution in [0.15, 0.2) is 78.0 Å². The van der Waals surface area contributed by atoms with E-state index in [1.54, 1.807) is 42.7 Å². The first-order chi connectivity index (χ1) is 13.0. The molecule has 0 saturated heterocycles. The quantitative estimate of drug-likeness (QED) is 0.456. The van der Waals surface area contributed by atoms with E-state index < -0.39 is 10.1 Å². The Balaban J connectivity index is 1.62. The van der Waals surface area contributed by atoms with Gasteiger partial charge in [0.15, 0.2) is 0 Å². The highest BCUT2D eigenvalue weighted by molar-refractivity contribution is 7.87. The lowest BCUT2D eigenvalue weighted by atomic mass is 10.2. The minimum atomic E-state index is -3.85. The Morgan fingerprint density at radius 2 is 1.56 bits per heavy atom. The van der Waals surface area contributed by atoms with Gasteiger partial charge in [-0.2, -0.15) is 8.42 Å². The van der Waals surface area contributed by atoms with Crippen molar-refractivity contribution in [3.8, 4) is 5.75 Å². The van der Waals surface area contributed by atoms with Crippen LogP contribution in [0.4, 0.5) is 11.4 Å². The highest BCUT2D eigenvalue weighted by Crippen LogP contribution is 2.24. The van der Waals surface area contributed by atoms with Crippen LogP contribution in [0, 0.1) is 6.92 Å². The van der Waals surface area contributed by atoms with Crippen molar-refractivity contribution in [2.45, 2.75) is 11.8 Å². The van der Waals surface area contributed by atoms with Gasteiger partial charge in [0, 0.05) is 42.9 Å². The average molecular weight is 383 g/mol. The van der Waals surface area contributed by atoms with Crippen LogP contribution >= 0.6 is 0 Å². The normalized spacial score (nSPS) is 11.0. The van der Waals surface area contributed by atoms with Gasteiger partial charge in [-0.15, -0.1) is 0 Å². The van der Waals surface area contributed by atoms with Crippen LogP contribution in [0.2, 0.25) is 0 Å². The molecule has 0 atom stereocenters. The third-order valence-corrected chi connectivity index (χ3v) is 5.01. The van der Waals surface area contributed by atoms with E-state index in [1.165, 1.54) is 12.1 Å². The molecule has 0 aliphatic heterocycles. The third-order valence-electron chi connectivity index (χ3n) is 3.75. The second kappa shape index (κ2) is 8.55. The summed E-state index contributed by atoms with van der Waals surface area (Å²) in [7, 11) is -3.85. The molecular formula is C20H21N3O3S. The molecule has 140 valence electrons. The van der Waals surface area contributed by atoms with Crippen LogP contribution in [-0.4, -0.2) is 26.5 Å². The predicted octanol–water partition coefficient (Wildman–Crippen LogP) is 3.68. The first-order valence-electron chi connectivity index (χ1n) is 8.52. The van der Waals surface area contributed by atoms with E-state index >= 15 is 0 Å². The number of pyridine rings is 1. The van der Waals surface area contributed by atoms with Gasteiger partial charge >= 0.3 is 10.1 Å². The lowest BCUT2D eigenvalue weighted by molar-refractivity contribution is 0.486. The molecule has 0 spiro atoms. The lowest BCUT2D eigenvalue weighted by Gasteiger charge is -2.12. The summed E-state index contributed by atoms with van der Waals surface area (Å²) in [6, 6.07) is 17.2. The van der Waals surface area contributed by atoms with E-state index in [9.17, 15) is 8.42 Å². The summed E-state index contributed by atoms with van der Waals surface area (Å²) in [6.45, 7) is 3.26. The first-order valence-corrected chi connectivity index (χ1v) is 9.93. The van der Waals surface area contributed by atoms with Crippen molar-refractivity contribution >= 4 is 21.5 Å². The smallest absolute Gasteiger partial charge is 0.339 e. The van der Waals surface area contributed by atoms with Crippen molar-refractivity contribution in [2.75, 3.05) is 23.7 Å². The molecule has 0 radical (unpaired) electrons. The minimum absolute atomic E-state index is 0.127. The first kappa shape index (κ1) is 18.7. The summed E-state index contributed by atoms with van der Waals surface area (Å²) >= 11 is 0. The Morgan fingerprint density at radius 1 is 0.889 bits per heavy atom. The number of nitrogens with zero attached hydrogens (tertiary/aromatic N) is 1. The summed E-state index contributed by atoms with van der Waals surface area (Å²) < 4.78 is 30.1. The SMILES string of the molecule is Cc1cc(NCCNc2ccncc2)cc(OS(=O)(=O)c2ccccc2)c1. The molecule has 0 aliphatic carbocycles. The van der Waals surface area contributed by atoms with Crippen molar-refractivity contribution in [3.05, 3.63) is 78.6 Å². The van der Waals surface area contributed by atoms with Crippen LogP contribution in [0.25, 0.3) is 0 Å². The Kier molecular flexibility index (Phi) is 5.93. The van der Waals surface area contributed by atoms with Gasteiger partial charge in [-0.1, -0.05) is 18.2 Å². The van der Waals surface area contributed by atoms with Gasteiger partial charge in [-0.3, -0.25) is 4.98 Å². The molecule has 2 aromatic carbocycles. The fourth-order valence-electron chi connectivity index (χ4n) is 2.54. The van der Waals surface area contributed by atoms with Gasteiger partial charge in [-0.05, 0) is 48.9 Å². The monoisotopic (exact) mass is 383 g/mol. The topological polar surface area (TPSA) is 80.3 Å². The van der Waals surface area contributed by atoms with Gasteiger partial charge in [0.25, 0.3) is 0 Å². The van der Waals surface area contributed by atoms with Crippen molar-refractivity contribution in [3.63, 3.8) is 0 Å². The van der Waals surface area contributed by atoms with E-state index in [2.05, 4.69) is 15.6 Å². The number of aryl methyl sites for hydroxylation is 1. The maximum absolute atomic E-state index is 12.4. The Bertz CT molecular complexity index is 978. The summed E-state index contributed by atoms with van der Waals surface area (Å²) in [6.07, 6.45) is 3.46. The number of rotatable bonds is 8. The highest BCUT2D eigenvalue weighted by Gasteiger charge is 2.16. The molecule has 0 saturated carbocycles. The largest absolute Gasteiger partial charge is 0.383 e. The molecule has 1 aromatic heterocycles. The molecule has 6 nitrogen and oxygen atoms in total. The molecule has 0 amide bonds. The highest BCUT2D eigenvalue weighted by atomic mass is 32.2. The molecule has 3 rings (SSSR count). The average Bonchev–Trinajstić information content (AvgIpc) is 2.66. The van der Waals surface area contributed by atoms with E-state index in [0.29, 0.717) is 13.1 Å². The Labute approximate surface area is 159 Å².